The van der Waals surface area contributed by atoms with Crippen molar-refractivity contribution in [1.29, 1.82) is 5.41 Å². The van der Waals surface area contributed by atoms with Gasteiger partial charge in [-0.15, -0.1) is 0 Å². The van der Waals surface area contributed by atoms with Crippen molar-refractivity contribution in [2.75, 3.05) is 0 Å². The number of guanidine groups is 2. The predicted molar refractivity (Wildman–Crippen MR) is 70.7 cm³/mol. The molecule has 5 heteroatoms. The number of benzene rings is 1. The third-order valence-electron chi connectivity index (χ3n) is 2.33. The third-order valence-corrected chi connectivity index (χ3v) is 2.33. The summed E-state index contributed by atoms with van der Waals surface area (Å²) in [6.07, 6.45) is 0. The third kappa shape index (κ3) is 4.14. The zero-order chi connectivity index (χ0) is 12.8. The minimum Gasteiger partial charge on any atom is -0.370 e. The zero-order valence-corrected chi connectivity index (χ0v) is 10.2. The smallest absolute Gasteiger partial charge is 0.221 e. The van der Waals surface area contributed by atoms with Crippen LogP contribution in [0, 0.1) is 5.41 Å². The highest BCUT2D eigenvalue weighted by atomic mass is 15.3. The van der Waals surface area contributed by atoms with E-state index in [1.807, 2.05) is 49.1 Å². The van der Waals surface area contributed by atoms with Crippen LogP contribution in [-0.4, -0.2) is 22.9 Å². The molecule has 1 aromatic rings. The van der Waals surface area contributed by atoms with E-state index in [1.165, 1.54) is 0 Å². The summed E-state index contributed by atoms with van der Waals surface area (Å²) in [5.74, 6) is -0.00225. The van der Waals surface area contributed by atoms with Crippen molar-refractivity contribution in [2.24, 2.45) is 16.5 Å². The normalized spacial score (nSPS) is 10.1. The Kier molecular flexibility index (Phi) is 4.51. The monoisotopic (exact) mass is 233 g/mol. The van der Waals surface area contributed by atoms with Gasteiger partial charge in [-0.25, -0.2) is 0 Å². The molecule has 17 heavy (non-hydrogen) atoms. The molecule has 1 aromatic carbocycles. The maximum Gasteiger partial charge on any atom is 0.221 e. The summed E-state index contributed by atoms with van der Waals surface area (Å²) < 4.78 is 0. The van der Waals surface area contributed by atoms with Crippen LogP contribution < -0.4 is 11.5 Å². The fourth-order valence-electron chi connectivity index (χ4n) is 1.47. The molecule has 0 radical (unpaired) electrons. The van der Waals surface area contributed by atoms with Crippen LogP contribution in [0.1, 0.15) is 19.4 Å². The molecule has 5 N–H and O–H groups in total. The van der Waals surface area contributed by atoms with Gasteiger partial charge in [0.05, 0.1) is 0 Å². The van der Waals surface area contributed by atoms with E-state index in [1.54, 1.807) is 0 Å². The maximum atomic E-state index is 7.83. The van der Waals surface area contributed by atoms with Crippen LogP contribution in [0.15, 0.2) is 35.3 Å². The first-order chi connectivity index (χ1) is 8.00. The highest BCUT2D eigenvalue weighted by Crippen LogP contribution is 2.08. The molecule has 92 valence electrons. The Morgan fingerprint density at radius 1 is 1.29 bits per heavy atom. The van der Waals surface area contributed by atoms with Crippen LogP contribution in [0.4, 0.5) is 0 Å². The largest absolute Gasteiger partial charge is 0.370 e. The summed E-state index contributed by atoms with van der Waals surface area (Å²) in [5.41, 5.74) is 11.7. The van der Waals surface area contributed by atoms with E-state index in [0.717, 1.165) is 5.56 Å². The Bertz CT molecular complexity index is 393. The number of nitrogens with one attached hydrogen (secondary N) is 1. The second-order valence-electron chi connectivity index (χ2n) is 4.07. The Hall–Kier alpha value is -2.04. The lowest BCUT2D eigenvalue weighted by Crippen LogP contribution is -2.37. The van der Waals surface area contributed by atoms with Crippen LogP contribution in [0.3, 0.4) is 0 Å². The van der Waals surface area contributed by atoms with E-state index in [0.29, 0.717) is 6.54 Å². The number of aliphatic imine (C=N–C) groups is 1. The summed E-state index contributed by atoms with van der Waals surface area (Å²) >= 11 is 0. The van der Waals surface area contributed by atoms with Gasteiger partial charge in [0.1, 0.15) is 0 Å². The van der Waals surface area contributed by atoms with Crippen molar-refractivity contribution >= 4 is 11.9 Å². The van der Waals surface area contributed by atoms with Crippen LogP contribution in [0.25, 0.3) is 0 Å². The molecule has 0 aromatic heterocycles. The van der Waals surface area contributed by atoms with Gasteiger partial charge in [0, 0.05) is 12.6 Å². The summed E-state index contributed by atoms with van der Waals surface area (Å²) in [5, 5.41) is 7.83. The molecule has 0 aliphatic heterocycles. The summed E-state index contributed by atoms with van der Waals surface area (Å²) in [6, 6.07) is 10.1. The van der Waals surface area contributed by atoms with E-state index in [-0.39, 0.29) is 18.0 Å². The van der Waals surface area contributed by atoms with Gasteiger partial charge in [-0.1, -0.05) is 30.3 Å². The molecular weight excluding hydrogens is 214 g/mol. The van der Waals surface area contributed by atoms with Crippen LogP contribution in [0.5, 0.6) is 0 Å². The Balaban J connectivity index is 2.81. The van der Waals surface area contributed by atoms with Gasteiger partial charge < -0.3 is 16.4 Å². The summed E-state index contributed by atoms with van der Waals surface area (Å²) in [6.45, 7) is 4.62. The van der Waals surface area contributed by atoms with E-state index >= 15 is 0 Å². The SMILES string of the molecule is CC(C)N(Cc1ccccc1)C(=N)N=C(N)N. The topological polar surface area (TPSA) is 91.5 Å². The maximum absolute atomic E-state index is 7.83. The second kappa shape index (κ2) is 5.89. The van der Waals surface area contributed by atoms with Gasteiger partial charge in [-0.3, -0.25) is 5.41 Å². The summed E-state index contributed by atoms with van der Waals surface area (Å²) in [4.78, 5) is 5.61. The number of rotatable bonds is 3. The Morgan fingerprint density at radius 2 is 1.88 bits per heavy atom. The Labute approximate surface area is 102 Å². The van der Waals surface area contributed by atoms with E-state index in [9.17, 15) is 0 Å². The lowest BCUT2D eigenvalue weighted by Gasteiger charge is -2.26. The van der Waals surface area contributed by atoms with Gasteiger partial charge >= 0.3 is 0 Å². The quantitative estimate of drug-likeness (QED) is 0.539. The Morgan fingerprint density at radius 3 is 2.35 bits per heavy atom. The van der Waals surface area contributed by atoms with Crippen molar-refractivity contribution in [3.63, 3.8) is 0 Å². The molecule has 0 saturated heterocycles. The van der Waals surface area contributed by atoms with Crippen LogP contribution in [-0.2, 0) is 6.54 Å². The average molecular weight is 233 g/mol. The molecule has 0 fully saturated rings. The fraction of sp³-hybridized carbons (Fsp3) is 0.333. The van der Waals surface area contributed by atoms with E-state index in [2.05, 4.69) is 4.99 Å². The highest BCUT2D eigenvalue weighted by Gasteiger charge is 2.13. The van der Waals surface area contributed by atoms with Crippen molar-refractivity contribution < 1.29 is 0 Å². The number of nitrogens with two attached hydrogens (primary N) is 2. The lowest BCUT2D eigenvalue weighted by molar-refractivity contribution is 0.337. The summed E-state index contributed by atoms with van der Waals surface area (Å²) in [7, 11) is 0. The van der Waals surface area contributed by atoms with Gasteiger partial charge in [0.15, 0.2) is 5.96 Å². The molecule has 0 aliphatic carbocycles. The molecule has 0 saturated carbocycles. The van der Waals surface area contributed by atoms with Gasteiger partial charge in [-0.2, -0.15) is 4.99 Å². The van der Waals surface area contributed by atoms with Crippen molar-refractivity contribution in [3.05, 3.63) is 35.9 Å². The highest BCUT2D eigenvalue weighted by molar-refractivity contribution is 5.91. The molecule has 1 rings (SSSR count). The first-order valence-corrected chi connectivity index (χ1v) is 5.49. The van der Waals surface area contributed by atoms with Crippen LogP contribution in [0.2, 0.25) is 0 Å². The average Bonchev–Trinajstić information content (AvgIpc) is 2.25. The van der Waals surface area contributed by atoms with Crippen molar-refractivity contribution in [1.82, 2.24) is 4.90 Å². The first-order valence-electron chi connectivity index (χ1n) is 5.49. The van der Waals surface area contributed by atoms with E-state index in [4.69, 9.17) is 16.9 Å². The second-order valence-corrected chi connectivity index (χ2v) is 4.07. The molecule has 0 heterocycles. The number of hydrogen-bond acceptors (Lipinski definition) is 1. The van der Waals surface area contributed by atoms with Gasteiger partial charge in [0.2, 0.25) is 5.96 Å². The van der Waals surface area contributed by atoms with Gasteiger partial charge in [-0.05, 0) is 19.4 Å². The minimum atomic E-state index is -0.0892. The first kappa shape index (κ1) is 13.0. The molecule has 5 nitrogen and oxygen atoms in total. The molecule has 0 aliphatic rings. The van der Waals surface area contributed by atoms with Crippen molar-refractivity contribution in [3.8, 4) is 0 Å². The van der Waals surface area contributed by atoms with Crippen LogP contribution >= 0.6 is 0 Å². The molecule has 0 amide bonds. The predicted octanol–water partition coefficient (Wildman–Crippen LogP) is 1.11. The molecular formula is C12H19N5. The minimum absolute atomic E-state index is 0.0869. The van der Waals surface area contributed by atoms with Gasteiger partial charge in [0.25, 0.3) is 0 Å². The molecule has 0 unspecified atom stereocenters. The zero-order valence-electron chi connectivity index (χ0n) is 10.2. The standard InChI is InChI=1S/C12H19N5/c1-9(2)17(12(15)16-11(13)14)8-10-6-4-3-5-7-10/h3-7,9H,8H2,1-2H3,(H5,13,14,15,16). The van der Waals surface area contributed by atoms with Crippen molar-refractivity contribution in [2.45, 2.75) is 26.4 Å². The molecule has 0 atom stereocenters. The molecule has 0 bridgehead atoms. The van der Waals surface area contributed by atoms with E-state index < -0.39 is 0 Å². The fourth-order valence-corrected chi connectivity index (χ4v) is 1.47. The molecule has 0 spiro atoms. The number of hydrogen-bond donors (Lipinski definition) is 3. The lowest BCUT2D eigenvalue weighted by atomic mass is 10.2. The number of nitrogens with zero attached hydrogens (tertiary/aromatic N) is 2.